The first-order valence-corrected chi connectivity index (χ1v) is 4.88. The van der Waals surface area contributed by atoms with Crippen LogP contribution in [0.15, 0.2) is 41.3 Å². The molecule has 0 bridgehead atoms. The first kappa shape index (κ1) is 9.15. The number of anilines is 1. The molecular formula is C10H8BrN3. The van der Waals surface area contributed by atoms with E-state index in [1.165, 1.54) is 0 Å². The van der Waals surface area contributed by atoms with Crippen molar-refractivity contribution in [2.24, 2.45) is 0 Å². The fourth-order valence-electron chi connectivity index (χ4n) is 1.17. The lowest BCUT2D eigenvalue weighted by Crippen LogP contribution is -1.91. The van der Waals surface area contributed by atoms with Gasteiger partial charge in [0, 0.05) is 29.8 Å². The van der Waals surface area contributed by atoms with Gasteiger partial charge in [0.1, 0.15) is 0 Å². The van der Waals surface area contributed by atoms with Gasteiger partial charge in [0.05, 0.1) is 10.2 Å². The topological polar surface area (TPSA) is 51.8 Å². The Morgan fingerprint density at radius 2 is 1.79 bits per heavy atom. The van der Waals surface area contributed by atoms with Crippen LogP contribution in [-0.2, 0) is 0 Å². The predicted octanol–water partition coefficient (Wildman–Crippen LogP) is 2.49. The van der Waals surface area contributed by atoms with Gasteiger partial charge in [-0.25, -0.2) is 0 Å². The number of hydrogen-bond donors (Lipinski definition) is 1. The van der Waals surface area contributed by atoms with Crippen molar-refractivity contribution in [3.8, 4) is 11.3 Å². The lowest BCUT2D eigenvalue weighted by atomic mass is 10.2. The third-order valence-electron chi connectivity index (χ3n) is 1.87. The van der Waals surface area contributed by atoms with Gasteiger partial charge >= 0.3 is 0 Å². The highest BCUT2D eigenvalue weighted by molar-refractivity contribution is 9.10. The zero-order valence-electron chi connectivity index (χ0n) is 7.31. The number of halogens is 1. The summed E-state index contributed by atoms with van der Waals surface area (Å²) < 4.78 is 0.825. The quantitative estimate of drug-likeness (QED) is 0.845. The maximum atomic E-state index is 5.76. The second-order valence-corrected chi connectivity index (χ2v) is 3.59. The van der Waals surface area contributed by atoms with E-state index >= 15 is 0 Å². The number of nitrogens with zero attached hydrogens (tertiary/aromatic N) is 2. The van der Waals surface area contributed by atoms with Gasteiger partial charge in [0.15, 0.2) is 0 Å². The van der Waals surface area contributed by atoms with Crippen molar-refractivity contribution in [3.05, 3.63) is 41.3 Å². The molecule has 0 fully saturated rings. The van der Waals surface area contributed by atoms with Crippen molar-refractivity contribution in [1.29, 1.82) is 0 Å². The summed E-state index contributed by atoms with van der Waals surface area (Å²) in [5.41, 5.74) is 8.28. The molecule has 2 N–H and O–H groups in total. The molecule has 70 valence electrons. The number of nitrogens with two attached hydrogens (primary N) is 1. The van der Waals surface area contributed by atoms with Crippen LogP contribution >= 0.6 is 15.9 Å². The van der Waals surface area contributed by atoms with Gasteiger partial charge < -0.3 is 5.73 Å². The summed E-state index contributed by atoms with van der Waals surface area (Å²) in [6.45, 7) is 0. The molecule has 0 aliphatic carbocycles. The van der Waals surface area contributed by atoms with E-state index in [9.17, 15) is 0 Å². The summed E-state index contributed by atoms with van der Waals surface area (Å²) in [5, 5.41) is 0. The summed E-state index contributed by atoms with van der Waals surface area (Å²) in [5.74, 6) is 0. The monoisotopic (exact) mass is 249 g/mol. The molecule has 14 heavy (non-hydrogen) atoms. The summed E-state index contributed by atoms with van der Waals surface area (Å²) >= 11 is 3.41. The Morgan fingerprint density at radius 3 is 2.50 bits per heavy atom. The lowest BCUT2D eigenvalue weighted by molar-refractivity contribution is 1.28. The van der Waals surface area contributed by atoms with Gasteiger partial charge in [-0.2, -0.15) is 0 Å². The molecular weight excluding hydrogens is 242 g/mol. The normalized spacial score (nSPS) is 10.1. The van der Waals surface area contributed by atoms with E-state index in [1.807, 2.05) is 12.1 Å². The van der Waals surface area contributed by atoms with Crippen molar-refractivity contribution in [2.75, 3.05) is 5.73 Å². The first-order chi connectivity index (χ1) is 6.79. The minimum atomic E-state index is 0.687. The van der Waals surface area contributed by atoms with Gasteiger partial charge in [-0.15, -0.1) is 0 Å². The van der Waals surface area contributed by atoms with E-state index in [4.69, 9.17) is 5.73 Å². The maximum absolute atomic E-state index is 5.76. The molecule has 0 saturated carbocycles. The molecule has 2 heterocycles. The first-order valence-electron chi connectivity index (χ1n) is 4.09. The number of rotatable bonds is 1. The molecule has 0 spiro atoms. The molecule has 0 unspecified atom stereocenters. The summed E-state index contributed by atoms with van der Waals surface area (Å²) in [6.07, 6.45) is 5.15. The Hall–Kier alpha value is -1.42. The largest absolute Gasteiger partial charge is 0.398 e. The van der Waals surface area contributed by atoms with E-state index in [-0.39, 0.29) is 0 Å². The molecule has 2 aromatic heterocycles. The van der Waals surface area contributed by atoms with Crippen LogP contribution in [0.4, 0.5) is 5.69 Å². The van der Waals surface area contributed by atoms with E-state index in [0.29, 0.717) is 5.69 Å². The van der Waals surface area contributed by atoms with Gasteiger partial charge in [0.2, 0.25) is 0 Å². The van der Waals surface area contributed by atoms with Crippen LogP contribution in [0.25, 0.3) is 11.3 Å². The molecule has 0 aliphatic heterocycles. The minimum absolute atomic E-state index is 0.687. The maximum Gasteiger partial charge on any atom is 0.0865 e. The third kappa shape index (κ3) is 1.61. The second-order valence-electron chi connectivity index (χ2n) is 2.80. The van der Waals surface area contributed by atoms with Crippen LogP contribution < -0.4 is 5.73 Å². The Morgan fingerprint density at radius 1 is 1.07 bits per heavy atom. The van der Waals surface area contributed by atoms with Crippen LogP contribution in [0.1, 0.15) is 0 Å². The van der Waals surface area contributed by atoms with Crippen LogP contribution in [-0.4, -0.2) is 9.97 Å². The van der Waals surface area contributed by atoms with Crippen LogP contribution in [0, 0.1) is 0 Å². The van der Waals surface area contributed by atoms with Crippen molar-refractivity contribution >= 4 is 21.6 Å². The third-order valence-corrected chi connectivity index (χ3v) is 2.71. The van der Waals surface area contributed by atoms with Gasteiger partial charge in [0.25, 0.3) is 0 Å². The van der Waals surface area contributed by atoms with Gasteiger partial charge in [-0.05, 0) is 34.1 Å². The summed E-state index contributed by atoms with van der Waals surface area (Å²) in [4.78, 5) is 8.20. The van der Waals surface area contributed by atoms with Crippen molar-refractivity contribution in [1.82, 2.24) is 9.97 Å². The minimum Gasteiger partial charge on any atom is -0.398 e. The summed E-state index contributed by atoms with van der Waals surface area (Å²) in [7, 11) is 0. The molecule has 0 atom stereocenters. The Kier molecular flexibility index (Phi) is 2.45. The molecule has 0 aromatic carbocycles. The number of nitrogen functional groups attached to an aromatic ring is 1. The van der Waals surface area contributed by atoms with Gasteiger partial charge in [-0.1, -0.05) is 0 Å². The molecule has 2 aromatic rings. The van der Waals surface area contributed by atoms with E-state index < -0.39 is 0 Å². The molecule has 3 nitrogen and oxygen atoms in total. The fourth-order valence-corrected chi connectivity index (χ4v) is 1.63. The highest BCUT2D eigenvalue weighted by Gasteiger charge is 2.05. The van der Waals surface area contributed by atoms with Gasteiger partial charge in [-0.3, -0.25) is 9.97 Å². The average molecular weight is 250 g/mol. The Bertz CT molecular complexity index is 442. The molecule has 2 rings (SSSR count). The average Bonchev–Trinajstić information content (AvgIpc) is 2.23. The Labute approximate surface area is 90.1 Å². The van der Waals surface area contributed by atoms with Crippen LogP contribution in [0.3, 0.4) is 0 Å². The molecule has 0 saturated heterocycles. The van der Waals surface area contributed by atoms with E-state index in [2.05, 4.69) is 25.9 Å². The standard InChI is InChI=1S/C10H8BrN3/c11-9-8(12)3-6-14-10(9)7-1-4-13-5-2-7/h1-6H,(H2,12,14). The highest BCUT2D eigenvalue weighted by Crippen LogP contribution is 2.29. The number of pyridine rings is 2. The van der Waals surface area contributed by atoms with Crippen molar-refractivity contribution in [3.63, 3.8) is 0 Å². The Balaban J connectivity index is 2.58. The SMILES string of the molecule is Nc1ccnc(-c2ccncc2)c1Br. The molecule has 0 amide bonds. The fraction of sp³-hybridized carbons (Fsp3) is 0. The smallest absolute Gasteiger partial charge is 0.0865 e. The van der Waals surface area contributed by atoms with Crippen LogP contribution in [0.5, 0.6) is 0 Å². The molecule has 0 aliphatic rings. The zero-order valence-corrected chi connectivity index (χ0v) is 8.90. The molecule has 0 radical (unpaired) electrons. The lowest BCUT2D eigenvalue weighted by Gasteiger charge is -2.04. The van der Waals surface area contributed by atoms with Crippen LogP contribution in [0.2, 0.25) is 0 Å². The number of hydrogen-bond acceptors (Lipinski definition) is 3. The van der Waals surface area contributed by atoms with E-state index in [0.717, 1.165) is 15.7 Å². The predicted molar refractivity (Wildman–Crippen MR) is 59.6 cm³/mol. The summed E-state index contributed by atoms with van der Waals surface area (Å²) in [6, 6.07) is 5.55. The van der Waals surface area contributed by atoms with Crippen molar-refractivity contribution < 1.29 is 0 Å². The highest BCUT2D eigenvalue weighted by atomic mass is 79.9. The molecule has 4 heteroatoms. The number of aromatic nitrogens is 2. The zero-order chi connectivity index (χ0) is 9.97. The van der Waals surface area contributed by atoms with Crippen molar-refractivity contribution in [2.45, 2.75) is 0 Å². The second kappa shape index (κ2) is 3.75. The van der Waals surface area contributed by atoms with E-state index in [1.54, 1.807) is 24.7 Å².